The minimum Gasteiger partial charge on any atom is -0.465 e. The quantitative estimate of drug-likeness (QED) is 0.329. The summed E-state index contributed by atoms with van der Waals surface area (Å²) in [5, 5.41) is 0.848. The molecule has 31 heavy (non-hydrogen) atoms. The third-order valence-corrected chi connectivity index (χ3v) is 6.41. The smallest absolute Gasteiger partial charge is 0.316 e. The standard InChI is InChI=1S/C23H25N3O4S/c1-4-23(3)12-18-15(13-30-23)11-17-20(24-18)25-22(31-14-19(27)29-5-2)26(21(17)28)16-9-7-6-8-10-16/h6-11H,4-5,12-14H2,1-3H3/t23-/m1/s1. The summed E-state index contributed by atoms with van der Waals surface area (Å²) in [5.41, 5.74) is 2.41. The van der Waals surface area contributed by atoms with Crippen molar-refractivity contribution < 1.29 is 14.3 Å². The molecule has 0 radical (unpaired) electrons. The van der Waals surface area contributed by atoms with Crippen LogP contribution in [-0.2, 0) is 27.3 Å². The van der Waals surface area contributed by atoms with E-state index in [2.05, 4.69) is 13.8 Å². The van der Waals surface area contributed by atoms with Gasteiger partial charge in [-0.05, 0) is 38.5 Å². The largest absolute Gasteiger partial charge is 0.465 e. The zero-order valence-electron chi connectivity index (χ0n) is 17.9. The maximum Gasteiger partial charge on any atom is 0.316 e. The fraction of sp³-hybridized carbons (Fsp3) is 0.391. The molecule has 7 nitrogen and oxygen atoms in total. The fourth-order valence-corrected chi connectivity index (χ4v) is 4.36. The topological polar surface area (TPSA) is 83.3 Å². The van der Waals surface area contributed by atoms with Crippen LogP contribution in [0.15, 0.2) is 46.3 Å². The number of aromatic nitrogens is 3. The maximum absolute atomic E-state index is 13.5. The van der Waals surface area contributed by atoms with Gasteiger partial charge in [0.15, 0.2) is 10.8 Å². The van der Waals surface area contributed by atoms with Crippen molar-refractivity contribution in [1.82, 2.24) is 14.5 Å². The molecule has 0 fully saturated rings. The fourth-order valence-electron chi connectivity index (χ4n) is 3.56. The Morgan fingerprint density at radius 3 is 2.74 bits per heavy atom. The number of rotatable bonds is 6. The van der Waals surface area contributed by atoms with E-state index >= 15 is 0 Å². The van der Waals surface area contributed by atoms with E-state index in [1.165, 1.54) is 16.3 Å². The Kier molecular flexibility index (Phi) is 6.11. The van der Waals surface area contributed by atoms with Crippen molar-refractivity contribution in [2.75, 3.05) is 12.4 Å². The first-order chi connectivity index (χ1) is 14.9. The van der Waals surface area contributed by atoms with Crippen LogP contribution >= 0.6 is 11.8 Å². The third-order valence-electron chi connectivity index (χ3n) is 5.50. The molecule has 3 heterocycles. The van der Waals surface area contributed by atoms with Crippen molar-refractivity contribution in [1.29, 1.82) is 0 Å². The Bertz CT molecular complexity index is 1180. The molecule has 1 aromatic carbocycles. The van der Waals surface area contributed by atoms with E-state index < -0.39 is 0 Å². The first kappa shape index (κ1) is 21.5. The van der Waals surface area contributed by atoms with Crippen molar-refractivity contribution in [3.8, 4) is 5.69 Å². The summed E-state index contributed by atoms with van der Waals surface area (Å²) in [6.45, 7) is 6.66. The summed E-state index contributed by atoms with van der Waals surface area (Å²) < 4.78 is 12.6. The van der Waals surface area contributed by atoms with Crippen LogP contribution in [0.5, 0.6) is 0 Å². The summed E-state index contributed by atoms with van der Waals surface area (Å²) >= 11 is 1.17. The molecule has 0 amide bonds. The summed E-state index contributed by atoms with van der Waals surface area (Å²) in [5.74, 6) is -0.290. The van der Waals surface area contributed by atoms with Gasteiger partial charge in [0, 0.05) is 12.0 Å². The first-order valence-corrected chi connectivity index (χ1v) is 11.4. The normalized spacial score (nSPS) is 18.0. The van der Waals surface area contributed by atoms with Crippen LogP contribution in [0.25, 0.3) is 16.7 Å². The van der Waals surface area contributed by atoms with Crippen molar-refractivity contribution in [2.45, 2.75) is 51.0 Å². The van der Waals surface area contributed by atoms with Gasteiger partial charge in [-0.25, -0.2) is 9.97 Å². The predicted octanol–water partition coefficient (Wildman–Crippen LogP) is 3.68. The summed E-state index contributed by atoms with van der Waals surface area (Å²) in [4.78, 5) is 34.9. The lowest BCUT2D eigenvalue weighted by atomic mass is 9.91. The van der Waals surface area contributed by atoms with Crippen LogP contribution in [-0.4, -0.2) is 38.5 Å². The minimum absolute atomic E-state index is 0.0608. The van der Waals surface area contributed by atoms with Gasteiger partial charge in [0.05, 0.1) is 41.3 Å². The lowest BCUT2D eigenvalue weighted by molar-refractivity contribution is -0.139. The number of para-hydroxylation sites is 1. The molecule has 0 saturated heterocycles. The average molecular weight is 440 g/mol. The van der Waals surface area contributed by atoms with Crippen LogP contribution in [0.3, 0.4) is 0 Å². The monoisotopic (exact) mass is 439 g/mol. The van der Waals surface area contributed by atoms with E-state index in [0.717, 1.165) is 17.7 Å². The van der Waals surface area contributed by atoms with Crippen molar-refractivity contribution in [2.24, 2.45) is 0 Å². The second-order valence-electron chi connectivity index (χ2n) is 7.70. The van der Waals surface area contributed by atoms with Gasteiger partial charge in [-0.15, -0.1) is 0 Å². The average Bonchev–Trinajstić information content (AvgIpc) is 2.77. The number of benzene rings is 1. The van der Waals surface area contributed by atoms with Crippen LogP contribution in [0.4, 0.5) is 0 Å². The van der Waals surface area contributed by atoms with Gasteiger partial charge in [0.1, 0.15) is 0 Å². The molecule has 4 rings (SSSR count). The summed E-state index contributed by atoms with van der Waals surface area (Å²) in [7, 11) is 0. The van der Waals surface area contributed by atoms with E-state index in [0.29, 0.717) is 41.5 Å². The Hall–Kier alpha value is -2.71. The highest BCUT2D eigenvalue weighted by Gasteiger charge is 2.31. The van der Waals surface area contributed by atoms with Gasteiger partial charge in [0.2, 0.25) is 0 Å². The molecule has 162 valence electrons. The zero-order valence-corrected chi connectivity index (χ0v) is 18.7. The molecule has 0 spiro atoms. The second-order valence-corrected chi connectivity index (χ2v) is 8.64. The SMILES string of the molecule is CCOC(=O)CSc1nc2nc3c(cc2c(=O)n1-c1ccccc1)CO[C@](C)(CC)C3. The molecule has 8 heteroatoms. The molecule has 0 unspecified atom stereocenters. The zero-order chi connectivity index (χ0) is 22.0. The molecule has 3 aromatic rings. The molecule has 1 aliphatic rings. The molecule has 0 aliphatic carbocycles. The van der Waals surface area contributed by atoms with Crippen LogP contribution < -0.4 is 5.56 Å². The Balaban J connectivity index is 1.85. The Morgan fingerprint density at radius 1 is 1.26 bits per heavy atom. The van der Waals surface area contributed by atoms with E-state index in [9.17, 15) is 9.59 Å². The number of nitrogens with zero attached hydrogens (tertiary/aromatic N) is 3. The maximum atomic E-state index is 13.5. The van der Waals surface area contributed by atoms with E-state index in [1.54, 1.807) is 6.92 Å². The van der Waals surface area contributed by atoms with Crippen molar-refractivity contribution >= 4 is 28.8 Å². The lowest BCUT2D eigenvalue weighted by Crippen LogP contribution is -2.35. The molecule has 1 atom stereocenters. The van der Waals surface area contributed by atoms with E-state index in [-0.39, 0.29) is 22.9 Å². The molecule has 1 aliphatic heterocycles. The number of carbonyl (C=O) groups is 1. The Morgan fingerprint density at radius 2 is 2.03 bits per heavy atom. The Labute approximate surface area is 184 Å². The molecular weight excluding hydrogens is 414 g/mol. The number of thioether (sulfide) groups is 1. The molecule has 0 N–H and O–H groups in total. The van der Waals surface area contributed by atoms with Crippen molar-refractivity contribution in [3.63, 3.8) is 0 Å². The van der Waals surface area contributed by atoms with Crippen LogP contribution in [0, 0.1) is 0 Å². The molecule has 0 bridgehead atoms. The minimum atomic E-state index is -0.351. The van der Waals surface area contributed by atoms with Gasteiger partial charge in [-0.2, -0.15) is 0 Å². The van der Waals surface area contributed by atoms with Gasteiger partial charge in [-0.3, -0.25) is 14.2 Å². The summed E-state index contributed by atoms with van der Waals surface area (Å²) in [6, 6.07) is 11.1. The van der Waals surface area contributed by atoms with Crippen molar-refractivity contribution in [3.05, 3.63) is 58.0 Å². The lowest BCUT2D eigenvalue weighted by Gasteiger charge is -2.33. The van der Waals surface area contributed by atoms with Gasteiger partial charge >= 0.3 is 5.97 Å². The van der Waals surface area contributed by atoms with Gasteiger partial charge in [-0.1, -0.05) is 36.9 Å². The number of pyridine rings is 1. The van der Waals surface area contributed by atoms with Gasteiger partial charge in [0.25, 0.3) is 5.56 Å². The third kappa shape index (κ3) is 4.36. The highest BCUT2D eigenvalue weighted by Crippen LogP contribution is 2.31. The highest BCUT2D eigenvalue weighted by atomic mass is 32.2. The number of hydrogen-bond donors (Lipinski definition) is 0. The predicted molar refractivity (Wildman–Crippen MR) is 120 cm³/mol. The van der Waals surface area contributed by atoms with E-state index in [4.69, 9.17) is 19.4 Å². The number of hydrogen-bond acceptors (Lipinski definition) is 7. The molecule has 0 saturated carbocycles. The summed E-state index contributed by atoms with van der Waals surface area (Å²) in [6.07, 6.45) is 1.54. The van der Waals surface area contributed by atoms with Crippen LogP contribution in [0.2, 0.25) is 0 Å². The molecular formula is C23H25N3O4S. The highest BCUT2D eigenvalue weighted by molar-refractivity contribution is 7.99. The first-order valence-electron chi connectivity index (χ1n) is 10.4. The van der Waals surface area contributed by atoms with Gasteiger partial charge < -0.3 is 9.47 Å². The number of esters is 1. The number of carbonyl (C=O) groups excluding carboxylic acids is 1. The molecule has 2 aromatic heterocycles. The second kappa shape index (κ2) is 8.80. The van der Waals surface area contributed by atoms with E-state index in [1.807, 2.05) is 36.4 Å². The number of fused-ring (bicyclic) bond motifs is 2. The number of ether oxygens (including phenoxy) is 2. The van der Waals surface area contributed by atoms with Crippen LogP contribution in [0.1, 0.15) is 38.4 Å².